The SMILES string of the molecule is COCc1cc(N)nc(C2CSCCN2C)n1. The molecule has 6 heteroatoms. The molecule has 2 N–H and O–H groups in total. The lowest BCUT2D eigenvalue weighted by Gasteiger charge is -2.31. The van der Waals surface area contributed by atoms with Crippen LogP contribution >= 0.6 is 11.8 Å². The molecule has 2 rings (SSSR count). The van der Waals surface area contributed by atoms with E-state index in [4.69, 9.17) is 10.5 Å². The van der Waals surface area contributed by atoms with Crippen molar-refractivity contribution in [1.29, 1.82) is 0 Å². The Hall–Kier alpha value is -0.850. The van der Waals surface area contributed by atoms with Crippen molar-refractivity contribution in [1.82, 2.24) is 14.9 Å². The lowest BCUT2D eigenvalue weighted by Crippen LogP contribution is -2.34. The van der Waals surface area contributed by atoms with Crippen LogP contribution in [0.2, 0.25) is 0 Å². The topological polar surface area (TPSA) is 64.3 Å². The molecule has 0 spiro atoms. The van der Waals surface area contributed by atoms with Gasteiger partial charge in [-0.25, -0.2) is 9.97 Å². The van der Waals surface area contributed by atoms with E-state index in [0.29, 0.717) is 12.4 Å². The van der Waals surface area contributed by atoms with E-state index in [1.807, 2.05) is 11.8 Å². The maximum absolute atomic E-state index is 5.81. The molecule has 5 nitrogen and oxygen atoms in total. The molecule has 1 aromatic rings. The van der Waals surface area contributed by atoms with Crippen molar-refractivity contribution in [2.75, 3.05) is 37.9 Å². The first-order valence-corrected chi connectivity index (χ1v) is 6.76. The molecular weight excluding hydrogens is 236 g/mol. The summed E-state index contributed by atoms with van der Waals surface area (Å²) in [4.78, 5) is 11.2. The molecule has 94 valence electrons. The largest absolute Gasteiger partial charge is 0.384 e. The van der Waals surface area contributed by atoms with Gasteiger partial charge in [0.25, 0.3) is 0 Å². The molecule has 1 aliphatic rings. The van der Waals surface area contributed by atoms with E-state index in [-0.39, 0.29) is 6.04 Å². The Kier molecular flexibility index (Phi) is 4.20. The molecule has 1 atom stereocenters. The lowest BCUT2D eigenvalue weighted by atomic mass is 10.2. The molecule has 0 amide bonds. The maximum Gasteiger partial charge on any atom is 0.149 e. The standard InChI is InChI=1S/C11H18N4OS/c1-15-3-4-17-7-9(15)11-13-8(6-16-2)5-10(12)14-11/h5,9H,3-4,6-7H2,1-2H3,(H2,12,13,14). The van der Waals surface area contributed by atoms with Gasteiger partial charge in [-0.05, 0) is 7.05 Å². The van der Waals surface area contributed by atoms with Crippen LogP contribution in [0.1, 0.15) is 17.6 Å². The number of aromatic nitrogens is 2. The summed E-state index contributed by atoms with van der Waals surface area (Å²) in [5, 5.41) is 0. The summed E-state index contributed by atoms with van der Waals surface area (Å²) < 4.78 is 5.09. The summed E-state index contributed by atoms with van der Waals surface area (Å²) in [6.07, 6.45) is 0. The predicted octanol–water partition coefficient (Wildman–Crippen LogP) is 0.925. The number of hydrogen-bond acceptors (Lipinski definition) is 6. The van der Waals surface area contributed by atoms with E-state index in [9.17, 15) is 0 Å². The smallest absolute Gasteiger partial charge is 0.149 e. The van der Waals surface area contributed by atoms with Crippen molar-refractivity contribution in [3.63, 3.8) is 0 Å². The second-order valence-corrected chi connectivity index (χ2v) is 5.30. The second-order valence-electron chi connectivity index (χ2n) is 4.15. The summed E-state index contributed by atoms with van der Waals surface area (Å²) in [5.41, 5.74) is 6.66. The van der Waals surface area contributed by atoms with Gasteiger partial charge in [0, 0.05) is 31.2 Å². The summed E-state index contributed by atoms with van der Waals surface area (Å²) in [6.45, 7) is 1.54. The van der Waals surface area contributed by atoms with Gasteiger partial charge in [-0.3, -0.25) is 4.90 Å². The van der Waals surface area contributed by atoms with Gasteiger partial charge in [-0.15, -0.1) is 0 Å². The highest BCUT2D eigenvalue weighted by Gasteiger charge is 2.24. The number of hydrogen-bond donors (Lipinski definition) is 1. The molecule has 1 unspecified atom stereocenters. The van der Waals surface area contributed by atoms with Crippen LogP contribution in [0.15, 0.2) is 6.07 Å². The van der Waals surface area contributed by atoms with Crippen molar-refractivity contribution in [3.8, 4) is 0 Å². The predicted molar refractivity (Wildman–Crippen MR) is 69.9 cm³/mol. The van der Waals surface area contributed by atoms with Crippen LogP contribution in [0.25, 0.3) is 0 Å². The Bertz CT molecular complexity index is 388. The minimum atomic E-state index is 0.257. The van der Waals surface area contributed by atoms with Crippen LogP contribution in [0, 0.1) is 0 Å². The van der Waals surface area contributed by atoms with Crippen LogP contribution < -0.4 is 5.73 Å². The zero-order valence-electron chi connectivity index (χ0n) is 10.2. The normalized spacial score (nSPS) is 21.6. The Morgan fingerprint density at radius 1 is 1.59 bits per heavy atom. The minimum absolute atomic E-state index is 0.257. The molecule has 2 heterocycles. The number of nitrogens with zero attached hydrogens (tertiary/aromatic N) is 3. The number of nitrogens with two attached hydrogens (primary N) is 1. The lowest BCUT2D eigenvalue weighted by molar-refractivity contribution is 0.180. The molecule has 0 saturated carbocycles. The fraction of sp³-hybridized carbons (Fsp3) is 0.636. The van der Waals surface area contributed by atoms with Gasteiger partial charge in [0.1, 0.15) is 11.6 Å². The Labute approximate surface area is 106 Å². The molecule has 1 fully saturated rings. The van der Waals surface area contributed by atoms with E-state index in [0.717, 1.165) is 23.8 Å². The van der Waals surface area contributed by atoms with E-state index in [1.165, 1.54) is 5.75 Å². The van der Waals surface area contributed by atoms with Crippen molar-refractivity contribution >= 4 is 17.6 Å². The Morgan fingerprint density at radius 2 is 2.41 bits per heavy atom. The first-order valence-electron chi connectivity index (χ1n) is 5.61. The molecule has 0 bridgehead atoms. The molecular formula is C11H18N4OS. The van der Waals surface area contributed by atoms with Crippen LogP contribution in [-0.4, -0.2) is 47.1 Å². The summed E-state index contributed by atoms with van der Waals surface area (Å²) in [7, 11) is 3.76. The average Bonchev–Trinajstić information content (AvgIpc) is 2.29. The van der Waals surface area contributed by atoms with Gasteiger partial charge in [-0.1, -0.05) is 0 Å². The third-order valence-electron chi connectivity index (χ3n) is 2.80. The molecule has 17 heavy (non-hydrogen) atoms. The Morgan fingerprint density at radius 3 is 3.12 bits per heavy atom. The average molecular weight is 254 g/mol. The van der Waals surface area contributed by atoms with E-state index < -0.39 is 0 Å². The van der Waals surface area contributed by atoms with Crippen LogP contribution in [0.5, 0.6) is 0 Å². The highest BCUT2D eigenvalue weighted by Crippen LogP contribution is 2.26. The summed E-state index contributed by atoms with van der Waals surface area (Å²) >= 11 is 1.93. The highest BCUT2D eigenvalue weighted by atomic mass is 32.2. The number of methoxy groups -OCH3 is 1. The van der Waals surface area contributed by atoms with Gasteiger partial charge in [0.05, 0.1) is 18.3 Å². The Balaban J connectivity index is 2.24. The maximum atomic E-state index is 5.81. The molecule has 1 aliphatic heterocycles. The second kappa shape index (κ2) is 5.66. The van der Waals surface area contributed by atoms with Crippen molar-refractivity contribution in [2.45, 2.75) is 12.6 Å². The molecule has 1 aromatic heterocycles. The zero-order chi connectivity index (χ0) is 12.3. The van der Waals surface area contributed by atoms with Gasteiger partial charge < -0.3 is 10.5 Å². The quantitative estimate of drug-likeness (QED) is 0.865. The van der Waals surface area contributed by atoms with Gasteiger partial charge in [0.2, 0.25) is 0 Å². The first kappa shape index (κ1) is 12.6. The van der Waals surface area contributed by atoms with Gasteiger partial charge in [-0.2, -0.15) is 11.8 Å². The van der Waals surface area contributed by atoms with E-state index in [2.05, 4.69) is 21.9 Å². The number of thioether (sulfide) groups is 1. The molecule has 0 aliphatic carbocycles. The third-order valence-corrected chi connectivity index (χ3v) is 3.83. The van der Waals surface area contributed by atoms with Crippen LogP contribution in [0.3, 0.4) is 0 Å². The van der Waals surface area contributed by atoms with Crippen molar-refractivity contribution in [3.05, 3.63) is 17.6 Å². The number of ether oxygens (including phenoxy) is 1. The van der Waals surface area contributed by atoms with Gasteiger partial charge >= 0.3 is 0 Å². The number of nitrogen functional groups attached to an aromatic ring is 1. The monoisotopic (exact) mass is 254 g/mol. The van der Waals surface area contributed by atoms with E-state index in [1.54, 1.807) is 13.2 Å². The fourth-order valence-electron chi connectivity index (χ4n) is 1.87. The van der Waals surface area contributed by atoms with Crippen molar-refractivity contribution < 1.29 is 4.74 Å². The number of anilines is 1. The van der Waals surface area contributed by atoms with Crippen LogP contribution in [0.4, 0.5) is 5.82 Å². The third kappa shape index (κ3) is 3.08. The zero-order valence-corrected chi connectivity index (χ0v) is 11.0. The molecule has 0 radical (unpaired) electrons. The first-order chi connectivity index (χ1) is 8.20. The van der Waals surface area contributed by atoms with Crippen molar-refractivity contribution in [2.24, 2.45) is 0 Å². The minimum Gasteiger partial charge on any atom is -0.384 e. The van der Waals surface area contributed by atoms with Crippen LogP contribution in [-0.2, 0) is 11.3 Å². The molecule has 1 saturated heterocycles. The molecule has 0 aromatic carbocycles. The van der Waals surface area contributed by atoms with Gasteiger partial charge in [0.15, 0.2) is 0 Å². The van der Waals surface area contributed by atoms with E-state index >= 15 is 0 Å². The summed E-state index contributed by atoms with van der Waals surface area (Å²) in [6, 6.07) is 2.02. The summed E-state index contributed by atoms with van der Waals surface area (Å²) in [5.74, 6) is 3.52. The highest BCUT2D eigenvalue weighted by molar-refractivity contribution is 7.99. The fourth-order valence-corrected chi connectivity index (χ4v) is 3.08. The number of rotatable bonds is 3.